The van der Waals surface area contributed by atoms with E-state index in [4.69, 9.17) is 4.74 Å². The first-order valence-electron chi connectivity index (χ1n) is 5.41. The Morgan fingerprint density at radius 1 is 1.44 bits per heavy atom. The first-order valence-corrected chi connectivity index (χ1v) is 5.41. The van der Waals surface area contributed by atoms with Crippen LogP contribution in [0.2, 0.25) is 0 Å². The van der Waals surface area contributed by atoms with Gasteiger partial charge in [-0.3, -0.25) is 9.89 Å². The van der Waals surface area contributed by atoms with E-state index in [2.05, 4.69) is 15.1 Å². The Morgan fingerprint density at radius 3 is 2.83 bits per heavy atom. The first-order chi connectivity index (χ1) is 8.70. The first kappa shape index (κ1) is 12.0. The van der Waals surface area contributed by atoms with Crippen LogP contribution in [0.5, 0.6) is 0 Å². The summed E-state index contributed by atoms with van der Waals surface area (Å²) in [7, 11) is 0. The van der Waals surface area contributed by atoms with Crippen molar-refractivity contribution in [3.63, 3.8) is 0 Å². The molecule has 0 spiro atoms. The molecule has 0 amide bonds. The van der Waals surface area contributed by atoms with E-state index < -0.39 is 5.97 Å². The second-order valence-electron chi connectivity index (χ2n) is 3.56. The van der Waals surface area contributed by atoms with Gasteiger partial charge in [0.1, 0.15) is 12.0 Å². The molecule has 18 heavy (non-hydrogen) atoms. The summed E-state index contributed by atoms with van der Waals surface area (Å²) in [6.45, 7) is 2.24. The van der Waals surface area contributed by atoms with Crippen molar-refractivity contribution in [2.24, 2.45) is 0 Å². The van der Waals surface area contributed by atoms with E-state index in [1.165, 1.54) is 17.1 Å². The Labute approximate surface area is 102 Å². The SMILES string of the molecule is CCOC(=O)c1cc(=O)n(Cc2cncnc2)[nH]1. The van der Waals surface area contributed by atoms with Crippen LogP contribution in [0.4, 0.5) is 0 Å². The molecule has 2 rings (SSSR count). The number of carbonyl (C=O) groups excluding carboxylic acids is 1. The van der Waals surface area contributed by atoms with E-state index in [1.54, 1.807) is 19.3 Å². The lowest BCUT2D eigenvalue weighted by atomic mass is 10.3. The third-order valence-corrected chi connectivity index (χ3v) is 2.24. The zero-order valence-electron chi connectivity index (χ0n) is 9.79. The van der Waals surface area contributed by atoms with Crippen molar-refractivity contribution in [2.75, 3.05) is 6.61 Å². The van der Waals surface area contributed by atoms with Crippen LogP contribution in [0.25, 0.3) is 0 Å². The van der Waals surface area contributed by atoms with Gasteiger partial charge < -0.3 is 4.74 Å². The molecule has 0 aliphatic rings. The van der Waals surface area contributed by atoms with Gasteiger partial charge in [0.05, 0.1) is 13.2 Å². The van der Waals surface area contributed by atoms with Crippen molar-refractivity contribution < 1.29 is 9.53 Å². The number of esters is 1. The molecule has 7 heteroatoms. The van der Waals surface area contributed by atoms with Gasteiger partial charge in [0.25, 0.3) is 5.56 Å². The maximum absolute atomic E-state index is 11.6. The highest BCUT2D eigenvalue weighted by Crippen LogP contribution is 1.98. The molecule has 2 aromatic heterocycles. The van der Waals surface area contributed by atoms with Crippen LogP contribution in [0, 0.1) is 0 Å². The highest BCUT2D eigenvalue weighted by molar-refractivity contribution is 5.86. The summed E-state index contributed by atoms with van der Waals surface area (Å²) < 4.78 is 6.10. The fourth-order valence-corrected chi connectivity index (χ4v) is 1.46. The number of ether oxygens (including phenoxy) is 1. The number of hydrogen-bond acceptors (Lipinski definition) is 5. The average molecular weight is 248 g/mol. The zero-order valence-corrected chi connectivity index (χ0v) is 9.79. The van der Waals surface area contributed by atoms with Crippen LogP contribution in [0.15, 0.2) is 29.6 Å². The number of aromatic amines is 1. The van der Waals surface area contributed by atoms with Crippen molar-refractivity contribution in [1.82, 2.24) is 19.7 Å². The predicted molar refractivity (Wildman–Crippen MR) is 62.1 cm³/mol. The molecule has 94 valence electrons. The number of rotatable bonds is 4. The summed E-state index contributed by atoms with van der Waals surface area (Å²) in [5, 5.41) is 2.69. The average Bonchev–Trinajstić information content (AvgIpc) is 2.73. The molecule has 0 fully saturated rings. The maximum atomic E-state index is 11.6. The lowest BCUT2D eigenvalue weighted by Gasteiger charge is -2.01. The fraction of sp³-hybridized carbons (Fsp3) is 0.273. The summed E-state index contributed by atoms with van der Waals surface area (Å²) in [6.07, 6.45) is 4.61. The van der Waals surface area contributed by atoms with Crippen LogP contribution in [-0.2, 0) is 11.3 Å². The van der Waals surface area contributed by atoms with Gasteiger partial charge in [0, 0.05) is 24.0 Å². The summed E-state index contributed by atoms with van der Waals surface area (Å²) in [5.74, 6) is -0.544. The van der Waals surface area contributed by atoms with Crippen molar-refractivity contribution in [3.05, 3.63) is 46.4 Å². The molecule has 0 saturated heterocycles. The van der Waals surface area contributed by atoms with Gasteiger partial charge in [-0.1, -0.05) is 0 Å². The molecule has 0 aliphatic heterocycles. The van der Waals surface area contributed by atoms with Gasteiger partial charge in [0.2, 0.25) is 0 Å². The van der Waals surface area contributed by atoms with Gasteiger partial charge in [-0.15, -0.1) is 0 Å². The molecule has 0 atom stereocenters. The van der Waals surface area contributed by atoms with Crippen LogP contribution in [0.1, 0.15) is 23.0 Å². The molecular formula is C11H12N4O3. The molecule has 0 aliphatic carbocycles. The summed E-state index contributed by atoms with van der Waals surface area (Å²) >= 11 is 0. The Morgan fingerprint density at radius 2 is 2.17 bits per heavy atom. The molecule has 7 nitrogen and oxygen atoms in total. The fourth-order valence-electron chi connectivity index (χ4n) is 1.46. The highest BCUT2D eigenvalue weighted by atomic mass is 16.5. The monoisotopic (exact) mass is 248 g/mol. The van der Waals surface area contributed by atoms with Crippen LogP contribution in [-0.4, -0.2) is 32.3 Å². The van der Waals surface area contributed by atoms with Crippen molar-refractivity contribution in [1.29, 1.82) is 0 Å². The molecule has 0 unspecified atom stereocenters. The Kier molecular flexibility index (Phi) is 3.52. The molecule has 0 saturated carbocycles. The van der Waals surface area contributed by atoms with Crippen molar-refractivity contribution in [3.8, 4) is 0 Å². The molecule has 2 heterocycles. The minimum atomic E-state index is -0.544. The van der Waals surface area contributed by atoms with E-state index in [0.717, 1.165) is 5.56 Å². The van der Waals surface area contributed by atoms with Crippen LogP contribution < -0.4 is 5.56 Å². The van der Waals surface area contributed by atoms with Gasteiger partial charge in [-0.25, -0.2) is 19.4 Å². The van der Waals surface area contributed by atoms with E-state index >= 15 is 0 Å². The van der Waals surface area contributed by atoms with E-state index in [1.807, 2.05) is 0 Å². The number of nitrogens with zero attached hydrogens (tertiary/aromatic N) is 3. The minimum Gasteiger partial charge on any atom is -0.461 e. The molecule has 0 bridgehead atoms. The van der Waals surface area contributed by atoms with Crippen LogP contribution >= 0.6 is 0 Å². The smallest absolute Gasteiger partial charge is 0.356 e. The lowest BCUT2D eigenvalue weighted by molar-refractivity contribution is 0.0518. The maximum Gasteiger partial charge on any atom is 0.356 e. The predicted octanol–water partition coefficient (Wildman–Crippen LogP) is 0.191. The molecule has 2 aromatic rings. The van der Waals surface area contributed by atoms with E-state index in [9.17, 15) is 9.59 Å². The van der Waals surface area contributed by atoms with E-state index in [-0.39, 0.29) is 24.4 Å². The van der Waals surface area contributed by atoms with Gasteiger partial charge in [-0.2, -0.15) is 0 Å². The topological polar surface area (TPSA) is 89.9 Å². The van der Waals surface area contributed by atoms with Gasteiger partial charge >= 0.3 is 5.97 Å². The number of carbonyl (C=O) groups is 1. The Bertz CT molecular complexity index is 588. The normalized spacial score (nSPS) is 10.3. The number of H-pyrrole nitrogens is 1. The summed E-state index contributed by atoms with van der Waals surface area (Å²) in [5.41, 5.74) is 0.595. The molecule has 0 aromatic carbocycles. The van der Waals surface area contributed by atoms with Crippen molar-refractivity contribution >= 4 is 5.97 Å². The Hall–Kier alpha value is -2.44. The van der Waals surface area contributed by atoms with Gasteiger partial charge in [-0.05, 0) is 6.92 Å². The quantitative estimate of drug-likeness (QED) is 0.780. The third kappa shape index (κ3) is 2.62. The largest absolute Gasteiger partial charge is 0.461 e. The van der Waals surface area contributed by atoms with E-state index in [0.29, 0.717) is 0 Å². The second-order valence-corrected chi connectivity index (χ2v) is 3.56. The summed E-state index contributed by atoms with van der Waals surface area (Å²) in [6, 6.07) is 1.21. The lowest BCUT2D eigenvalue weighted by Crippen LogP contribution is -2.16. The highest BCUT2D eigenvalue weighted by Gasteiger charge is 2.12. The molecule has 0 radical (unpaired) electrons. The summed E-state index contributed by atoms with van der Waals surface area (Å²) in [4.78, 5) is 30.8. The Balaban J connectivity index is 2.20. The third-order valence-electron chi connectivity index (χ3n) is 2.24. The van der Waals surface area contributed by atoms with Gasteiger partial charge in [0.15, 0.2) is 0 Å². The minimum absolute atomic E-state index is 0.138. The number of aromatic nitrogens is 4. The molecule has 1 N–H and O–H groups in total. The number of nitrogens with one attached hydrogen (secondary N) is 1. The second kappa shape index (κ2) is 5.26. The van der Waals surface area contributed by atoms with Crippen LogP contribution in [0.3, 0.4) is 0 Å². The number of hydrogen-bond donors (Lipinski definition) is 1. The zero-order chi connectivity index (χ0) is 13.0. The van der Waals surface area contributed by atoms with Crippen molar-refractivity contribution in [2.45, 2.75) is 13.5 Å². The standard InChI is InChI=1S/C11H12N4O3/c1-2-18-11(17)9-3-10(16)15(14-9)6-8-4-12-7-13-5-8/h3-5,7,14H,2,6H2,1H3. The molecular weight excluding hydrogens is 236 g/mol.